The van der Waals surface area contributed by atoms with E-state index in [-0.39, 0.29) is 30.8 Å². The molecule has 1 atom stereocenters. The number of halogens is 1. The van der Waals surface area contributed by atoms with Gasteiger partial charge in [-0.25, -0.2) is 4.39 Å². The van der Waals surface area contributed by atoms with Crippen LogP contribution in [-0.4, -0.2) is 17.6 Å². The molecule has 1 rings (SSSR count). The van der Waals surface area contributed by atoms with E-state index in [0.29, 0.717) is 11.1 Å². The van der Waals surface area contributed by atoms with Crippen LogP contribution in [0.3, 0.4) is 0 Å². The number of aliphatic hydroxyl groups excluding tert-OH is 1. The maximum absolute atomic E-state index is 13.6. The zero-order valence-electron chi connectivity index (χ0n) is 11.9. The zero-order valence-corrected chi connectivity index (χ0v) is 11.9. The van der Waals surface area contributed by atoms with E-state index in [1.54, 1.807) is 12.1 Å². The van der Waals surface area contributed by atoms with Crippen LogP contribution in [0.2, 0.25) is 0 Å². The molecule has 0 aliphatic rings. The molecule has 0 aliphatic heterocycles. The van der Waals surface area contributed by atoms with Crippen molar-refractivity contribution in [3.05, 3.63) is 35.1 Å². The van der Waals surface area contributed by atoms with Crippen LogP contribution in [0.4, 0.5) is 4.39 Å². The first kappa shape index (κ1) is 16.2. The molecule has 4 heteroatoms. The predicted molar refractivity (Wildman–Crippen MR) is 76.3 cm³/mol. The highest BCUT2D eigenvalue weighted by atomic mass is 19.1. The van der Waals surface area contributed by atoms with E-state index in [9.17, 15) is 9.18 Å². The molecule has 0 saturated carbocycles. The molecule has 0 fully saturated rings. The molecule has 1 unspecified atom stereocenters. The average Bonchev–Trinajstić information content (AvgIpc) is 2.44. The molecule has 0 radical (unpaired) electrons. The first-order valence-corrected chi connectivity index (χ1v) is 6.74. The summed E-state index contributed by atoms with van der Waals surface area (Å²) in [4.78, 5) is 11.8. The lowest BCUT2D eigenvalue weighted by Crippen LogP contribution is -2.29. The summed E-state index contributed by atoms with van der Waals surface area (Å²) in [6.45, 7) is 3.79. The quantitative estimate of drug-likeness (QED) is 0.811. The number of carbonyl (C=O) groups excluding carboxylic acids is 1. The number of nitrogens with one attached hydrogen (secondary N) is 1. The van der Waals surface area contributed by atoms with Gasteiger partial charge in [0.15, 0.2) is 0 Å². The van der Waals surface area contributed by atoms with Gasteiger partial charge in [-0.3, -0.25) is 4.79 Å². The average molecular weight is 277 g/mol. The molecular formula is C16H20FNO2. The molecule has 3 nitrogen and oxygen atoms in total. The van der Waals surface area contributed by atoms with E-state index < -0.39 is 0 Å². The summed E-state index contributed by atoms with van der Waals surface area (Å²) in [6, 6.07) is 4.45. The summed E-state index contributed by atoms with van der Waals surface area (Å²) in [6.07, 6.45) is 1.76. The van der Waals surface area contributed by atoms with Crippen molar-refractivity contribution < 1.29 is 14.3 Å². The number of amides is 1. The van der Waals surface area contributed by atoms with E-state index in [1.165, 1.54) is 6.07 Å². The van der Waals surface area contributed by atoms with Crippen LogP contribution in [0, 0.1) is 23.6 Å². The highest BCUT2D eigenvalue weighted by Crippen LogP contribution is 2.11. The number of aliphatic hydroxyl groups is 1. The molecule has 0 bridgehead atoms. The van der Waals surface area contributed by atoms with Gasteiger partial charge in [0.1, 0.15) is 12.4 Å². The molecule has 1 aromatic carbocycles. The summed E-state index contributed by atoms with van der Waals surface area (Å²) in [7, 11) is 0. The Morgan fingerprint density at radius 2 is 2.25 bits per heavy atom. The normalized spacial score (nSPS) is 11.4. The SMILES string of the molecule is CCCC(C)C(=O)NCc1cc(C#CCO)ccc1F. The molecule has 0 aliphatic carbocycles. The van der Waals surface area contributed by atoms with Gasteiger partial charge in [0.2, 0.25) is 5.91 Å². The Kier molecular flexibility index (Phi) is 6.75. The Morgan fingerprint density at radius 1 is 1.50 bits per heavy atom. The minimum Gasteiger partial charge on any atom is -0.384 e. The van der Waals surface area contributed by atoms with Crippen molar-refractivity contribution in [2.24, 2.45) is 5.92 Å². The predicted octanol–water partition coefficient (Wildman–Crippen LogP) is 2.22. The minimum atomic E-state index is -0.372. The van der Waals surface area contributed by atoms with E-state index in [0.717, 1.165) is 12.8 Å². The Hall–Kier alpha value is -1.86. The van der Waals surface area contributed by atoms with Crippen molar-refractivity contribution in [1.29, 1.82) is 0 Å². The van der Waals surface area contributed by atoms with Gasteiger partial charge < -0.3 is 10.4 Å². The molecule has 2 N–H and O–H groups in total. The van der Waals surface area contributed by atoms with Gasteiger partial charge in [0.25, 0.3) is 0 Å². The van der Waals surface area contributed by atoms with Gasteiger partial charge in [0.05, 0.1) is 0 Å². The van der Waals surface area contributed by atoms with E-state index >= 15 is 0 Å². The van der Waals surface area contributed by atoms with Crippen LogP contribution in [0.25, 0.3) is 0 Å². The van der Waals surface area contributed by atoms with Crippen LogP contribution >= 0.6 is 0 Å². The summed E-state index contributed by atoms with van der Waals surface area (Å²) < 4.78 is 13.6. The fourth-order valence-corrected chi connectivity index (χ4v) is 1.85. The fraction of sp³-hybridized carbons (Fsp3) is 0.438. The van der Waals surface area contributed by atoms with Gasteiger partial charge >= 0.3 is 0 Å². The van der Waals surface area contributed by atoms with Gasteiger partial charge in [-0.2, -0.15) is 0 Å². The smallest absolute Gasteiger partial charge is 0.223 e. The van der Waals surface area contributed by atoms with Gasteiger partial charge in [-0.05, 0) is 24.6 Å². The number of benzene rings is 1. The van der Waals surface area contributed by atoms with Crippen LogP contribution in [0.15, 0.2) is 18.2 Å². The molecule has 0 spiro atoms. The highest BCUT2D eigenvalue weighted by Gasteiger charge is 2.12. The van der Waals surface area contributed by atoms with Crippen molar-refractivity contribution in [1.82, 2.24) is 5.32 Å². The lowest BCUT2D eigenvalue weighted by molar-refractivity contribution is -0.124. The van der Waals surface area contributed by atoms with Crippen LogP contribution < -0.4 is 5.32 Å². The monoisotopic (exact) mass is 277 g/mol. The third-order valence-electron chi connectivity index (χ3n) is 2.98. The number of hydrogen-bond acceptors (Lipinski definition) is 2. The number of carbonyl (C=O) groups is 1. The maximum atomic E-state index is 13.6. The lowest BCUT2D eigenvalue weighted by Gasteiger charge is -2.11. The molecule has 0 saturated heterocycles. The summed E-state index contributed by atoms with van der Waals surface area (Å²) in [5, 5.41) is 11.4. The second-order valence-corrected chi connectivity index (χ2v) is 4.67. The van der Waals surface area contributed by atoms with Gasteiger partial charge in [-0.15, -0.1) is 0 Å². The fourth-order valence-electron chi connectivity index (χ4n) is 1.85. The molecule has 108 valence electrons. The number of hydrogen-bond donors (Lipinski definition) is 2. The van der Waals surface area contributed by atoms with Gasteiger partial charge in [-0.1, -0.05) is 32.1 Å². The van der Waals surface area contributed by atoms with Crippen LogP contribution in [0.5, 0.6) is 0 Å². The zero-order chi connectivity index (χ0) is 15.0. The van der Waals surface area contributed by atoms with Crippen molar-refractivity contribution in [3.8, 4) is 11.8 Å². The van der Waals surface area contributed by atoms with Crippen molar-refractivity contribution >= 4 is 5.91 Å². The molecule has 0 aromatic heterocycles. The second kappa shape index (κ2) is 8.34. The molecule has 1 amide bonds. The Bertz CT molecular complexity index is 517. The molecule has 0 heterocycles. The van der Waals surface area contributed by atoms with Crippen LogP contribution in [0.1, 0.15) is 37.8 Å². The van der Waals surface area contributed by atoms with Gasteiger partial charge in [0, 0.05) is 23.6 Å². The van der Waals surface area contributed by atoms with E-state index in [1.807, 2.05) is 13.8 Å². The second-order valence-electron chi connectivity index (χ2n) is 4.67. The first-order chi connectivity index (χ1) is 9.58. The van der Waals surface area contributed by atoms with E-state index in [2.05, 4.69) is 17.2 Å². The molecular weight excluding hydrogens is 257 g/mol. The van der Waals surface area contributed by atoms with Crippen molar-refractivity contribution in [2.75, 3.05) is 6.61 Å². The largest absolute Gasteiger partial charge is 0.384 e. The molecule has 20 heavy (non-hydrogen) atoms. The summed E-state index contributed by atoms with van der Waals surface area (Å²) in [5.41, 5.74) is 1.01. The Morgan fingerprint density at radius 3 is 2.90 bits per heavy atom. The first-order valence-electron chi connectivity index (χ1n) is 6.74. The summed E-state index contributed by atoms with van der Waals surface area (Å²) in [5.74, 6) is 4.71. The third kappa shape index (κ3) is 5.02. The highest BCUT2D eigenvalue weighted by molar-refractivity contribution is 5.78. The minimum absolute atomic E-state index is 0.0691. The Balaban J connectivity index is 2.69. The number of rotatable bonds is 5. The molecule has 1 aromatic rings. The summed E-state index contributed by atoms with van der Waals surface area (Å²) >= 11 is 0. The van der Waals surface area contributed by atoms with E-state index in [4.69, 9.17) is 5.11 Å². The topological polar surface area (TPSA) is 49.3 Å². The van der Waals surface area contributed by atoms with Crippen LogP contribution in [-0.2, 0) is 11.3 Å². The van der Waals surface area contributed by atoms with Crippen molar-refractivity contribution in [2.45, 2.75) is 33.2 Å². The standard InChI is InChI=1S/C16H20FNO2/c1-3-5-12(2)16(20)18-11-14-10-13(6-4-9-19)7-8-15(14)17/h7-8,10,12,19H,3,5,9,11H2,1-2H3,(H,18,20). The third-order valence-corrected chi connectivity index (χ3v) is 2.98. The lowest BCUT2D eigenvalue weighted by atomic mass is 10.1. The van der Waals surface area contributed by atoms with Crippen molar-refractivity contribution in [3.63, 3.8) is 0 Å². The Labute approximate surface area is 119 Å². The maximum Gasteiger partial charge on any atom is 0.223 e.